The van der Waals surface area contributed by atoms with Crippen LogP contribution in [0.3, 0.4) is 0 Å². The van der Waals surface area contributed by atoms with Crippen LogP contribution in [0.25, 0.3) is 6.08 Å². The maximum atomic E-state index is 14.0. The standard InChI is InChI=1S/C34H31BrN2O8S/c1-5-43-27-17-23(12-14-26(27)42-4)30-29(33(41)44-6-2)19(3)36-34-37(30)31(38)28(46-34)16-21-9-13-25(24(35)15-21)45-18-20-7-10-22(11-8-20)32(39)40/h7-17,30H,5-6,18H2,1-4H3,(H,39,40)/b28-16+/t30-/m1/s1. The van der Waals surface area contributed by atoms with E-state index in [1.807, 2.05) is 19.1 Å². The number of benzene rings is 3. The highest BCUT2D eigenvalue weighted by Crippen LogP contribution is 2.36. The van der Waals surface area contributed by atoms with E-state index in [1.54, 1.807) is 63.4 Å². The van der Waals surface area contributed by atoms with Crippen molar-refractivity contribution >= 4 is 45.3 Å². The zero-order valence-electron chi connectivity index (χ0n) is 25.5. The summed E-state index contributed by atoms with van der Waals surface area (Å²) in [4.78, 5) is 43.5. The second-order valence-corrected chi connectivity index (χ2v) is 12.0. The van der Waals surface area contributed by atoms with Crippen LogP contribution in [-0.2, 0) is 16.1 Å². The number of carbonyl (C=O) groups excluding carboxylic acids is 1. The Bertz CT molecular complexity index is 2010. The van der Waals surface area contributed by atoms with E-state index in [1.165, 1.54) is 28.0 Å². The van der Waals surface area contributed by atoms with Crippen LogP contribution in [-0.4, -0.2) is 41.9 Å². The van der Waals surface area contributed by atoms with Gasteiger partial charge in [-0.3, -0.25) is 9.36 Å². The number of ether oxygens (including phenoxy) is 4. The van der Waals surface area contributed by atoms with Gasteiger partial charge in [0, 0.05) is 0 Å². The molecule has 0 fully saturated rings. The van der Waals surface area contributed by atoms with Gasteiger partial charge in [0.05, 0.1) is 52.2 Å². The number of rotatable bonds is 11. The summed E-state index contributed by atoms with van der Waals surface area (Å²) in [6, 6.07) is 16.5. The molecule has 238 valence electrons. The molecule has 0 unspecified atom stereocenters. The third-order valence-corrected chi connectivity index (χ3v) is 8.77. The third kappa shape index (κ3) is 6.77. The number of hydrogen-bond donors (Lipinski definition) is 1. The number of halogens is 1. The van der Waals surface area contributed by atoms with E-state index in [0.717, 1.165) is 11.1 Å². The van der Waals surface area contributed by atoms with Crippen molar-refractivity contribution < 1.29 is 33.6 Å². The summed E-state index contributed by atoms with van der Waals surface area (Å²) < 4.78 is 25.2. The highest BCUT2D eigenvalue weighted by Gasteiger charge is 2.34. The number of hydrogen-bond acceptors (Lipinski definition) is 9. The van der Waals surface area contributed by atoms with Crippen molar-refractivity contribution in [2.24, 2.45) is 4.99 Å². The Hall–Kier alpha value is -4.68. The first-order valence-electron chi connectivity index (χ1n) is 14.4. The Morgan fingerprint density at radius 1 is 1.00 bits per heavy atom. The predicted molar refractivity (Wildman–Crippen MR) is 176 cm³/mol. The summed E-state index contributed by atoms with van der Waals surface area (Å²) in [6.07, 6.45) is 1.77. The minimum atomic E-state index is -0.986. The summed E-state index contributed by atoms with van der Waals surface area (Å²) in [5.41, 5.74) is 2.85. The maximum absolute atomic E-state index is 14.0. The van der Waals surface area contributed by atoms with E-state index in [2.05, 4.69) is 20.9 Å². The van der Waals surface area contributed by atoms with Crippen molar-refractivity contribution in [2.45, 2.75) is 33.4 Å². The zero-order valence-corrected chi connectivity index (χ0v) is 27.9. The molecule has 4 aromatic rings. The quantitative estimate of drug-likeness (QED) is 0.210. The molecule has 0 saturated heterocycles. The Balaban J connectivity index is 1.51. The lowest BCUT2D eigenvalue weighted by Crippen LogP contribution is -2.40. The number of carboxylic acids is 1. The van der Waals surface area contributed by atoms with Crippen LogP contribution < -0.4 is 29.1 Å². The van der Waals surface area contributed by atoms with E-state index in [4.69, 9.17) is 24.1 Å². The lowest BCUT2D eigenvalue weighted by molar-refractivity contribution is -0.139. The van der Waals surface area contributed by atoms with Crippen LogP contribution in [0.5, 0.6) is 17.2 Å². The second kappa shape index (κ2) is 14.2. The van der Waals surface area contributed by atoms with Crippen molar-refractivity contribution in [2.75, 3.05) is 20.3 Å². The average Bonchev–Trinajstić information content (AvgIpc) is 3.34. The largest absolute Gasteiger partial charge is 0.493 e. The average molecular weight is 708 g/mol. The highest BCUT2D eigenvalue weighted by molar-refractivity contribution is 9.10. The summed E-state index contributed by atoms with van der Waals surface area (Å²) >= 11 is 4.78. The number of carbonyl (C=O) groups is 2. The normalized spacial score (nSPS) is 14.4. The molecule has 10 nitrogen and oxygen atoms in total. The van der Waals surface area contributed by atoms with Crippen molar-refractivity contribution in [1.82, 2.24) is 4.57 Å². The number of carboxylic acid groups (broad SMARTS) is 1. The molecule has 0 radical (unpaired) electrons. The van der Waals surface area contributed by atoms with E-state index < -0.39 is 18.0 Å². The van der Waals surface area contributed by atoms with Crippen molar-refractivity contribution in [1.29, 1.82) is 0 Å². The molecular formula is C34H31BrN2O8S. The first-order valence-corrected chi connectivity index (χ1v) is 16.0. The SMILES string of the molecule is CCOC(=O)C1=C(C)N=c2s/c(=C/c3ccc(OCc4ccc(C(=O)O)cc4)c(Br)c3)c(=O)n2[C@@H]1c1ccc(OC)c(OCC)c1. The minimum Gasteiger partial charge on any atom is -0.493 e. The van der Waals surface area contributed by atoms with Crippen LogP contribution >= 0.6 is 27.3 Å². The van der Waals surface area contributed by atoms with E-state index in [0.29, 0.717) is 48.9 Å². The maximum Gasteiger partial charge on any atom is 0.338 e. The molecular weight excluding hydrogens is 676 g/mol. The minimum absolute atomic E-state index is 0.172. The van der Waals surface area contributed by atoms with Gasteiger partial charge in [0.1, 0.15) is 12.4 Å². The van der Waals surface area contributed by atoms with Crippen LogP contribution in [0.2, 0.25) is 0 Å². The van der Waals surface area contributed by atoms with Crippen LogP contribution in [0, 0.1) is 0 Å². The van der Waals surface area contributed by atoms with Crippen molar-refractivity contribution in [3.63, 3.8) is 0 Å². The molecule has 0 bridgehead atoms. The van der Waals surface area contributed by atoms with Gasteiger partial charge in [0.25, 0.3) is 5.56 Å². The molecule has 1 aliphatic heterocycles. The smallest absolute Gasteiger partial charge is 0.338 e. The number of allylic oxidation sites excluding steroid dienone is 1. The van der Waals surface area contributed by atoms with E-state index in [-0.39, 0.29) is 29.9 Å². The Morgan fingerprint density at radius 3 is 2.39 bits per heavy atom. The lowest BCUT2D eigenvalue weighted by Gasteiger charge is -2.25. The molecule has 5 rings (SSSR count). The van der Waals surface area contributed by atoms with Crippen LogP contribution in [0.15, 0.2) is 86.2 Å². The fraction of sp³-hybridized carbons (Fsp3) is 0.235. The first kappa shape index (κ1) is 32.7. The number of nitrogens with zero attached hydrogens (tertiary/aromatic N) is 2. The number of fused-ring (bicyclic) bond motifs is 1. The fourth-order valence-electron chi connectivity index (χ4n) is 5.02. The third-order valence-electron chi connectivity index (χ3n) is 7.17. The zero-order chi connectivity index (χ0) is 33.0. The molecule has 0 aliphatic carbocycles. The number of methoxy groups -OCH3 is 1. The van der Waals surface area contributed by atoms with Gasteiger partial charge in [-0.25, -0.2) is 14.6 Å². The molecule has 0 spiro atoms. The fourth-order valence-corrected chi connectivity index (χ4v) is 6.58. The van der Waals surface area contributed by atoms with Crippen molar-refractivity contribution in [3.05, 3.63) is 118 Å². The molecule has 3 aromatic carbocycles. The summed E-state index contributed by atoms with van der Waals surface area (Å²) in [5.74, 6) is 0.0755. The van der Waals surface area contributed by atoms with Gasteiger partial charge in [-0.1, -0.05) is 35.6 Å². The number of aromatic carboxylic acids is 1. The lowest BCUT2D eigenvalue weighted by atomic mass is 9.95. The van der Waals surface area contributed by atoms with Gasteiger partial charge < -0.3 is 24.1 Å². The molecule has 1 aliphatic rings. The molecule has 1 aromatic heterocycles. The number of esters is 1. The molecule has 1 N–H and O–H groups in total. The second-order valence-electron chi connectivity index (χ2n) is 10.1. The van der Waals surface area contributed by atoms with E-state index >= 15 is 0 Å². The highest BCUT2D eigenvalue weighted by atomic mass is 79.9. The van der Waals surface area contributed by atoms with Crippen LogP contribution in [0.4, 0.5) is 0 Å². The van der Waals surface area contributed by atoms with Gasteiger partial charge in [0.15, 0.2) is 16.3 Å². The van der Waals surface area contributed by atoms with E-state index in [9.17, 15) is 14.4 Å². The Morgan fingerprint density at radius 2 is 1.74 bits per heavy atom. The Labute approximate surface area is 277 Å². The van der Waals surface area contributed by atoms with Gasteiger partial charge in [-0.15, -0.1) is 0 Å². The summed E-state index contributed by atoms with van der Waals surface area (Å²) in [5, 5.41) is 9.10. The molecule has 0 amide bonds. The monoisotopic (exact) mass is 706 g/mol. The van der Waals surface area contributed by atoms with Crippen LogP contribution in [0.1, 0.15) is 53.9 Å². The van der Waals surface area contributed by atoms with Gasteiger partial charge in [0.2, 0.25) is 0 Å². The first-order chi connectivity index (χ1) is 22.1. The number of aromatic nitrogens is 1. The van der Waals surface area contributed by atoms with Crippen molar-refractivity contribution in [3.8, 4) is 17.2 Å². The Kier molecular flexibility index (Phi) is 10.1. The molecule has 12 heteroatoms. The molecule has 46 heavy (non-hydrogen) atoms. The topological polar surface area (TPSA) is 126 Å². The summed E-state index contributed by atoms with van der Waals surface area (Å²) in [6.45, 7) is 6.15. The molecule has 1 atom stereocenters. The van der Waals surface area contributed by atoms with Gasteiger partial charge in [-0.2, -0.15) is 0 Å². The molecule has 0 saturated carbocycles. The number of thiazole rings is 1. The van der Waals surface area contributed by atoms with Gasteiger partial charge in [-0.05, 0) is 95.9 Å². The van der Waals surface area contributed by atoms with Gasteiger partial charge >= 0.3 is 11.9 Å². The summed E-state index contributed by atoms with van der Waals surface area (Å²) in [7, 11) is 1.55. The molecule has 2 heterocycles. The predicted octanol–water partition coefficient (Wildman–Crippen LogP) is 5.25.